The van der Waals surface area contributed by atoms with E-state index in [1.165, 1.54) is 0 Å². The van der Waals surface area contributed by atoms with Gasteiger partial charge in [0.1, 0.15) is 5.78 Å². The van der Waals surface area contributed by atoms with Gasteiger partial charge in [-0.25, -0.2) is 0 Å². The summed E-state index contributed by atoms with van der Waals surface area (Å²) in [7, 11) is 1.87. The van der Waals surface area contributed by atoms with Gasteiger partial charge in [0.15, 0.2) is 0 Å². The molecule has 1 aromatic heterocycles. The van der Waals surface area contributed by atoms with Crippen molar-refractivity contribution in [2.24, 2.45) is 18.2 Å². The summed E-state index contributed by atoms with van der Waals surface area (Å²) in [5.41, 5.74) is 7.61. The average molecular weight is 330 g/mol. The van der Waals surface area contributed by atoms with Crippen LogP contribution in [0, 0.1) is 12.3 Å². The molecule has 0 aromatic carbocycles. The molecule has 0 atom stereocenters. The van der Waals surface area contributed by atoms with Crippen molar-refractivity contribution in [1.82, 2.24) is 9.78 Å². The maximum atomic E-state index is 12.1. The van der Waals surface area contributed by atoms with Crippen LogP contribution in [0.15, 0.2) is 4.47 Å². The standard InChI is InChI=1S/C14H24BrN3O/c1-10-13(15)12(18(4)17-10)9-11(19)5-6-14(2,3)7-8-16/h5-9,16H2,1-4H3. The number of Topliss-reactive ketones (excluding diaryl/α,β-unsaturated/α-hetero) is 1. The number of carbonyl (C=O) groups is 1. The zero-order valence-electron chi connectivity index (χ0n) is 12.3. The number of aryl methyl sites for hydroxylation is 2. The van der Waals surface area contributed by atoms with Crippen LogP contribution in [0.4, 0.5) is 0 Å². The van der Waals surface area contributed by atoms with Crippen LogP contribution in [0.25, 0.3) is 0 Å². The van der Waals surface area contributed by atoms with Crippen molar-refractivity contribution in [3.05, 3.63) is 15.9 Å². The average Bonchev–Trinajstić information content (AvgIpc) is 2.54. The third-order valence-electron chi connectivity index (χ3n) is 3.53. The Hall–Kier alpha value is -0.680. The fraction of sp³-hybridized carbons (Fsp3) is 0.714. The van der Waals surface area contributed by atoms with Gasteiger partial charge >= 0.3 is 0 Å². The van der Waals surface area contributed by atoms with Gasteiger partial charge in [-0.2, -0.15) is 5.10 Å². The van der Waals surface area contributed by atoms with Gasteiger partial charge in [0.2, 0.25) is 0 Å². The number of hydrogen-bond donors (Lipinski definition) is 1. The molecule has 0 saturated carbocycles. The second kappa shape index (κ2) is 6.66. The van der Waals surface area contributed by atoms with Gasteiger partial charge in [-0.3, -0.25) is 9.48 Å². The lowest BCUT2D eigenvalue weighted by atomic mass is 9.83. The first-order valence-corrected chi connectivity index (χ1v) is 7.46. The van der Waals surface area contributed by atoms with E-state index in [4.69, 9.17) is 5.73 Å². The Bertz CT molecular complexity index is 452. The highest BCUT2D eigenvalue weighted by Crippen LogP contribution is 2.27. The number of halogens is 1. The Morgan fingerprint density at radius 1 is 1.42 bits per heavy atom. The molecule has 19 heavy (non-hydrogen) atoms. The molecule has 0 fully saturated rings. The summed E-state index contributed by atoms with van der Waals surface area (Å²) in [6, 6.07) is 0. The fourth-order valence-electron chi connectivity index (χ4n) is 2.14. The van der Waals surface area contributed by atoms with E-state index < -0.39 is 0 Å². The third kappa shape index (κ3) is 4.73. The molecule has 2 N–H and O–H groups in total. The second-order valence-electron chi connectivity index (χ2n) is 5.89. The van der Waals surface area contributed by atoms with Gasteiger partial charge in [-0.05, 0) is 47.7 Å². The summed E-state index contributed by atoms with van der Waals surface area (Å²) >= 11 is 3.49. The molecule has 0 aliphatic rings. The predicted octanol–water partition coefficient (Wildman–Crippen LogP) is 2.76. The topological polar surface area (TPSA) is 60.9 Å². The SMILES string of the molecule is Cc1nn(C)c(CC(=O)CCC(C)(C)CCN)c1Br. The number of hydrogen-bond acceptors (Lipinski definition) is 3. The molecule has 108 valence electrons. The molecular weight excluding hydrogens is 306 g/mol. The lowest BCUT2D eigenvalue weighted by Gasteiger charge is -2.23. The Morgan fingerprint density at radius 2 is 2.05 bits per heavy atom. The van der Waals surface area contributed by atoms with Crippen LogP contribution in [0.3, 0.4) is 0 Å². The molecule has 0 amide bonds. The van der Waals surface area contributed by atoms with E-state index in [2.05, 4.69) is 34.9 Å². The van der Waals surface area contributed by atoms with Crippen molar-refractivity contribution in [2.45, 2.75) is 46.5 Å². The molecular formula is C14H24BrN3O. The van der Waals surface area contributed by atoms with E-state index in [-0.39, 0.29) is 11.2 Å². The van der Waals surface area contributed by atoms with Crippen molar-refractivity contribution in [3.63, 3.8) is 0 Å². The molecule has 1 heterocycles. The monoisotopic (exact) mass is 329 g/mol. The van der Waals surface area contributed by atoms with E-state index >= 15 is 0 Å². The smallest absolute Gasteiger partial charge is 0.138 e. The zero-order chi connectivity index (χ0) is 14.6. The van der Waals surface area contributed by atoms with Crippen molar-refractivity contribution < 1.29 is 4.79 Å². The first-order chi connectivity index (χ1) is 8.76. The minimum Gasteiger partial charge on any atom is -0.330 e. The molecule has 5 heteroatoms. The first-order valence-electron chi connectivity index (χ1n) is 6.66. The lowest BCUT2D eigenvalue weighted by Crippen LogP contribution is -2.19. The minimum absolute atomic E-state index is 0.143. The van der Waals surface area contributed by atoms with Crippen LogP contribution in [0.1, 0.15) is 44.5 Å². The molecule has 1 aromatic rings. The van der Waals surface area contributed by atoms with Gasteiger partial charge in [-0.1, -0.05) is 13.8 Å². The molecule has 0 unspecified atom stereocenters. The maximum absolute atomic E-state index is 12.1. The zero-order valence-corrected chi connectivity index (χ0v) is 13.9. The molecule has 0 bridgehead atoms. The van der Waals surface area contributed by atoms with Gasteiger partial charge in [-0.15, -0.1) is 0 Å². The van der Waals surface area contributed by atoms with Crippen molar-refractivity contribution in [3.8, 4) is 0 Å². The van der Waals surface area contributed by atoms with Gasteiger partial charge in [0, 0.05) is 19.9 Å². The van der Waals surface area contributed by atoms with Crippen LogP contribution < -0.4 is 5.73 Å². The number of carbonyl (C=O) groups excluding carboxylic acids is 1. The normalized spacial score (nSPS) is 11.9. The highest BCUT2D eigenvalue weighted by atomic mass is 79.9. The number of nitrogens with zero attached hydrogens (tertiary/aromatic N) is 2. The second-order valence-corrected chi connectivity index (χ2v) is 6.68. The van der Waals surface area contributed by atoms with E-state index in [1.807, 2.05) is 14.0 Å². The molecule has 4 nitrogen and oxygen atoms in total. The van der Waals surface area contributed by atoms with Gasteiger partial charge in [0.05, 0.1) is 15.9 Å². The first kappa shape index (κ1) is 16.4. The summed E-state index contributed by atoms with van der Waals surface area (Å²) in [4.78, 5) is 12.1. The van der Waals surface area contributed by atoms with Crippen LogP contribution in [-0.2, 0) is 18.3 Å². The predicted molar refractivity (Wildman–Crippen MR) is 81.0 cm³/mol. The van der Waals surface area contributed by atoms with Gasteiger partial charge in [0.25, 0.3) is 0 Å². The molecule has 1 rings (SSSR count). The number of rotatable bonds is 7. The van der Waals surface area contributed by atoms with Crippen molar-refractivity contribution in [1.29, 1.82) is 0 Å². The molecule has 0 spiro atoms. The van der Waals surface area contributed by atoms with E-state index in [9.17, 15) is 4.79 Å². The van der Waals surface area contributed by atoms with Crippen LogP contribution in [0.2, 0.25) is 0 Å². The van der Waals surface area contributed by atoms with E-state index in [0.717, 1.165) is 28.7 Å². The summed E-state index contributed by atoms with van der Waals surface area (Å²) in [5.74, 6) is 0.258. The number of ketones is 1. The lowest BCUT2D eigenvalue weighted by molar-refractivity contribution is -0.119. The summed E-state index contributed by atoms with van der Waals surface area (Å²) in [6.45, 7) is 6.94. The molecule has 0 aliphatic heterocycles. The van der Waals surface area contributed by atoms with Crippen LogP contribution in [0.5, 0.6) is 0 Å². The molecule has 0 radical (unpaired) electrons. The quantitative estimate of drug-likeness (QED) is 0.836. The largest absolute Gasteiger partial charge is 0.330 e. The Labute approximate surface area is 123 Å². The van der Waals surface area contributed by atoms with Crippen molar-refractivity contribution in [2.75, 3.05) is 6.54 Å². The van der Waals surface area contributed by atoms with Crippen molar-refractivity contribution >= 4 is 21.7 Å². The Kier molecular flexibility index (Phi) is 5.74. The summed E-state index contributed by atoms with van der Waals surface area (Å²) in [5, 5.41) is 4.30. The number of nitrogens with two attached hydrogens (primary N) is 1. The maximum Gasteiger partial charge on any atom is 0.138 e. The molecule has 0 aliphatic carbocycles. The molecule has 0 saturated heterocycles. The van der Waals surface area contributed by atoms with E-state index in [1.54, 1.807) is 4.68 Å². The number of aromatic nitrogens is 2. The third-order valence-corrected chi connectivity index (χ3v) is 4.56. The van der Waals surface area contributed by atoms with Gasteiger partial charge < -0.3 is 5.73 Å². The summed E-state index contributed by atoms with van der Waals surface area (Å²) < 4.78 is 2.73. The van der Waals surface area contributed by atoms with Crippen LogP contribution in [-0.4, -0.2) is 22.1 Å². The van der Waals surface area contributed by atoms with E-state index in [0.29, 0.717) is 19.4 Å². The summed E-state index contributed by atoms with van der Waals surface area (Å²) in [6.07, 6.45) is 2.88. The Balaban J connectivity index is 2.57. The highest BCUT2D eigenvalue weighted by Gasteiger charge is 2.20. The highest BCUT2D eigenvalue weighted by molar-refractivity contribution is 9.10. The van der Waals surface area contributed by atoms with Crippen LogP contribution >= 0.6 is 15.9 Å². The Morgan fingerprint density at radius 3 is 2.53 bits per heavy atom. The minimum atomic E-state index is 0.143. The fourth-order valence-corrected chi connectivity index (χ4v) is 2.62.